The molecule has 0 aromatic carbocycles. The lowest BCUT2D eigenvalue weighted by Crippen LogP contribution is -2.49. The zero-order valence-electron chi connectivity index (χ0n) is 12.9. The van der Waals surface area contributed by atoms with Crippen LogP contribution in [-0.2, 0) is 4.79 Å². The van der Waals surface area contributed by atoms with Crippen molar-refractivity contribution in [3.05, 3.63) is 0 Å². The monoisotopic (exact) mass is 278 g/mol. The van der Waals surface area contributed by atoms with Crippen molar-refractivity contribution in [2.75, 3.05) is 13.1 Å². The SMILES string of the molecule is CC(NC1CCC2CCCCC2C1)C(=O)N1CCCC1. The molecule has 4 atom stereocenters. The third kappa shape index (κ3) is 3.19. The molecule has 2 aliphatic carbocycles. The average Bonchev–Trinajstić information content (AvgIpc) is 3.00. The van der Waals surface area contributed by atoms with Gasteiger partial charge >= 0.3 is 0 Å². The fraction of sp³-hybridized carbons (Fsp3) is 0.941. The molecule has 3 fully saturated rings. The van der Waals surface area contributed by atoms with Crippen molar-refractivity contribution in [3.8, 4) is 0 Å². The van der Waals surface area contributed by atoms with Crippen LogP contribution in [0.15, 0.2) is 0 Å². The summed E-state index contributed by atoms with van der Waals surface area (Å²) in [6.07, 6.45) is 12.1. The van der Waals surface area contributed by atoms with E-state index in [2.05, 4.69) is 12.2 Å². The number of carbonyl (C=O) groups excluding carboxylic acids is 1. The van der Waals surface area contributed by atoms with Crippen LogP contribution in [0.5, 0.6) is 0 Å². The van der Waals surface area contributed by atoms with Gasteiger partial charge < -0.3 is 10.2 Å². The maximum atomic E-state index is 12.4. The van der Waals surface area contributed by atoms with E-state index in [1.165, 1.54) is 57.8 Å². The summed E-state index contributed by atoms with van der Waals surface area (Å²) in [5, 5.41) is 3.64. The molecule has 3 heteroatoms. The number of amides is 1. The molecule has 3 nitrogen and oxygen atoms in total. The molecule has 0 aromatic heterocycles. The van der Waals surface area contributed by atoms with Crippen LogP contribution in [0, 0.1) is 11.8 Å². The van der Waals surface area contributed by atoms with Crippen LogP contribution < -0.4 is 5.32 Å². The fourth-order valence-corrected chi connectivity index (χ4v) is 4.66. The first-order valence-electron chi connectivity index (χ1n) is 8.79. The molecule has 1 heterocycles. The Morgan fingerprint density at radius 1 is 1.00 bits per heavy atom. The largest absolute Gasteiger partial charge is 0.341 e. The van der Waals surface area contributed by atoms with Gasteiger partial charge in [-0.3, -0.25) is 4.79 Å². The predicted octanol–water partition coefficient (Wildman–Crippen LogP) is 2.95. The van der Waals surface area contributed by atoms with Crippen molar-refractivity contribution in [3.63, 3.8) is 0 Å². The molecule has 3 rings (SSSR count). The molecule has 3 aliphatic rings. The fourth-order valence-electron chi connectivity index (χ4n) is 4.66. The number of hydrogen-bond donors (Lipinski definition) is 1. The number of carbonyl (C=O) groups is 1. The van der Waals surface area contributed by atoms with E-state index < -0.39 is 0 Å². The molecule has 1 N–H and O–H groups in total. The Morgan fingerprint density at radius 3 is 2.45 bits per heavy atom. The van der Waals surface area contributed by atoms with Gasteiger partial charge in [0.1, 0.15) is 0 Å². The zero-order valence-corrected chi connectivity index (χ0v) is 12.9. The minimum absolute atomic E-state index is 0.0123. The summed E-state index contributed by atoms with van der Waals surface area (Å²) < 4.78 is 0. The standard InChI is InChI=1S/C17H30N2O/c1-13(17(20)19-10-4-5-11-19)18-16-9-8-14-6-2-3-7-15(14)12-16/h13-16,18H,2-12H2,1H3. The Labute approximate surface area is 123 Å². The summed E-state index contributed by atoms with van der Waals surface area (Å²) in [7, 11) is 0. The second-order valence-corrected chi connectivity index (χ2v) is 7.24. The van der Waals surface area contributed by atoms with Crippen LogP contribution in [0.3, 0.4) is 0 Å². The van der Waals surface area contributed by atoms with E-state index in [1.807, 2.05) is 4.90 Å². The molecule has 0 spiro atoms. The van der Waals surface area contributed by atoms with Crippen LogP contribution in [0.2, 0.25) is 0 Å². The van der Waals surface area contributed by atoms with Gasteiger partial charge in [0.25, 0.3) is 0 Å². The van der Waals surface area contributed by atoms with E-state index in [4.69, 9.17) is 0 Å². The molecule has 114 valence electrons. The van der Waals surface area contributed by atoms with Crippen LogP contribution in [0.4, 0.5) is 0 Å². The summed E-state index contributed by atoms with van der Waals surface area (Å²) in [6.45, 7) is 4.01. The van der Waals surface area contributed by atoms with Gasteiger partial charge in [-0.15, -0.1) is 0 Å². The normalized spacial score (nSPS) is 35.6. The number of rotatable bonds is 3. The zero-order chi connectivity index (χ0) is 13.9. The Morgan fingerprint density at radius 2 is 1.70 bits per heavy atom. The summed E-state index contributed by atoms with van der Waals surface area (Å²) in [5.41, 5.74) is 0. The Bertz CT molecular complexity index is 338. The molecule has 0 radical (unpaired) electrons. The number of hydrogen-bond acceptors (Lipinski definition) is 2. The summed E-state index contributed by atoms with van der Waals surface area (Å²) in [6, 6.07) is 0.592. The van der Waals surface area contributed by atoms with Crippen molar-refractivity contribution in [1.82, 2.24) is 10.2 Å². The molecule has 1 aliphatic heterocycles. The van der Waals surface area contributed by atoms with Gasteiger partial charge in [-0.05, 0) is 50.9 Å². The summed E-state index contributed by atoms with van der Waals surface area (Å²) in [5.74, 6) is 2.25. The Balaban J connectivity index is 1.48. The van der Waals surface area contributed by atoms with Crippen molar-refractivity contribution in [1.29, 1.82) is 0 Å². The van der Waals surface area contributed by atoms with Gasteiger partial charge in [0, 0.05) is 19.1 Å². The second kappa shape index (κ2) is 6.46. The Kier molecular flexibility index (Phi) is 4.65. The molecule has 0 bridgehead atoms. The number of fused-ring (bicyclic) bond motifs is 1. The van der Waals surface area contributed by atoms with Crippen molar-refractivity contribution < 1.29 is 4.79 Å². The molecule has 0 aromatic rings. The van der Waals surface area contributed by atoms with Crippen LogP contribution in [0.1, 0.15) is 64.7 Å². The smallest absolute Gasteiger partial charge is 0.239 e. The van der Waals surface area contributed by atoms with Crippen LogP contribution >= 0.6 is 0 Å². The summed E-state index contributed by atoms with van der Waals surface area (Å²) in [4.78, 5) is 14.4. The highest BCUT2D eigenvalue weighted by molar-refractivity contribution is 5.81. The molecular formula is C17H30N2O. The van der Waals surface area contributed by atoms with Gasteiger partial charge in [-0.2, -0.15) is 0 Å². The quantitative estimate of drug-likeness (QED) is 0.861. The first kappa shape index (κ1) is 14.4. The van der Waals surface area contributed by atoms with Crippen molar-refractivity contribution in [2.24, 2.45) is 11.8 Å². The number of nitrogens with one attached hydrogen (secondary N) is 1. The lowest BCUT2D eigenvalue weighted by atomic mass is 9.69. The highest BCUT2D eigenvalue weighted by Gasteiger charge is 2.33. The van der Waals surface area contributed by atoms with E-state index in [0.29, 0.717) is 11.9 Å². The maximum absolute atomic E-state index is 12.4. The highest BCUT2D eigenvalue weighted by Crippen LogP contribution is 2.40. The van der Waals surface area contributed by atoms with E-state index in [1.54, 1.807) is 0 Å². The maximum Gasteiger partial charge on any atom is 0.239 e. The van der Waals surface area contributed by atoms with Crippen LogP contribution in [-0.4, -0.2) is 36.0 Å². The molecular weight excluding hydrogens is 248 g/mol. The third-order valence-corrected chi connectivity index (χ3v) is 5.81. The minimum Gasteiger partial charge on any atom is -0.341 e. The Hall–Kier alpha value is -0.570. The summed E-state index contributed by atoms with van der Waals surface area (Å²) >= 11 is 0. The van der Waals surface area contributed by atoms with Gasteiger partial charge in [-0.1, -0.05) is 25.7 Å². The van der Waals surface area contributed by atoms with E-state index in [9.17, 15) is 4.79 Å². The second-order valence-electron chi connectivity index (χ2n) is 7.24. The molecule has 1 saturated heterocycles. The molecule has 20 heavy (non-hydrogen) atoms. The van der Waals surface area contributed by atoms with Gasteiger partial charge in [0.05, 0.1) is 6.04 Å². The minimum atomic E-state index is 0.0123. The molecule has 4 unspecified atom stereocenters. The number of likely N-dealkylation sites (tertiary alicyclic amines) is 1. The molecule has 2 saturated carbocycles. The van der Waals surface area contributed by atoms with E-state index in [-0.39, 0.29) is 6.04 Å². The average molecular weight is 278 g/mol. The van der Waals surface area contributed by atoms with E-state index >= 15 is 0 Å². The number of nitrogens with zero attached hydrogens (tertiary/aromatic N) is 1. The lowest BCUT2D eigenvalue weighted by molar-refractivity contribution is -0.132. The van der Waals surface area contributed by atoms with E-state index in [0.717, 1.165) is 24.9 Å². The van der Waals surface area contributed by atoms with Gasteiger partial charge in [0.15, 0.2) is 0 Å². The molecule has 1 amide bonds. The topological polar surface area (TPSA) is 32.3 Å². The first-order chi connectivity index (χ1) is 9.74. The van der Waals surface area contributed by atoms with Crippen molar-refractivity contribution >= 4 is 5.91 Å². The third-order valence-electron chi connectivity index (χ3n) is 5.81. The lowest BCUT2D eigenvalue weighted by Gasteiger charge is -2.40. The highest BCUT2D eigenvalue weighted by atomic mass is 16.2. The van der Waals surface area contributed by atoms with Gasteiger partial charge in [0.2, 0.25) is 5.91 Å². The first-order valence-corrected chi connectivity index (χ1v) is 8.79. The predicted molar refractivity (Wildman–Crippen MR) is 81.5 cm³/mol. The van der Waals surface area contributed by atoms with Crippen LogP contribution in [0.25, 0.3) is 0 Å². The van der Waals surface area contributed by atoms with Gasteiger partial charge in [-0.25, -0.2) is 0 Å². The van der Waals surface area contributed by atoms with Crippen molar-refractivity contribution in [2.45, 2.75) is 76.8 Å².